The lowest BCUT2D eigenvalue weighted by atomic mass is 9.65. The highest BCUT2D eigenvalue weighted by Crippen LogP contribution is 2.50. The van der Waals surface area contributed by atoms with Crippen molar-refractivity contribution < 1.29 is 51.2 Å². The molecule has 0 spiro atoms. The number of fused-ring (bicyclic) bond motifs is 2. The zero-order valence-corrected chi connectivity index (χ0v) is 23.3. The number of hydrogen-bond donors (Lipinski definition) is 3. The number of benzene rings is 2. The Morgan fingerprint density at radius 2 is 1.83 bits per heavy atom. The van der Waals surface area contributed by atoms with Crippen molar-refractivity contribution in [2.24, 2.45) is 0 Å². The number of likely N-dealkylation sites (tertiary alicyclic amines) is 1. The maximum absolute atomic E-state index is 14.5. The number of anilines is 1. The highest BCUT2D eigenvalue weighted by molar-refractivity contribution is 5.90. The van der Waals surface area contributed by atoms with Crippen molar-refractivity contribution in [2.75, 3.05) is 39.9 Å². The van der Waals surface area contributed by atoms with Crippen LogP contribution in [-0.4, -0.2) is 74.9 Å². The first kappa shape index (κ1) is 31.2. The number of rotatable bonds is 5. The van der Waals surface area contributed by atoms with Crippen LogP contribution in [0.1, 0.15) is 36.8 Å². The SMILES string of the molecule is COc1ccc(C23CCC(NC(=O)Nc4cc5c(cc4F)COCO5)CC2N(C)CC3)cc1OC.O=C(O)C(F)(F)F. The summed E-state index contributed by atoms with van der Waals surface area (Å²) in [5, 5.41) is 12.8. The predicted molar refractivity (Wildman–Crippen MR) is 142 cm³/mol. The molecule has 42 heavy (non-hydrogen) atoms. The fourth-order valence-corrected chi connectivity index (χ4v) is 5.93. The molecule has 3 unspecified atom stereocenters. The van der Waals surface area contributed by atoms with Gasteiger partial charge >= 0.3 is 18.2 Å². The molecule has 230 valence electrons. The van der Waals surface area contributed by atoms with E-state index < -0.39 is 24.0 Å². The predicted octanol–water partition coefficient (Wildman–Crippen LogP) is 4.66. The molecule has 3 aliphatic rings. The lowest BCUT2D eigenvalue weighted by Gasteiger charge is -2.45. The molecule has 2 fully saturated rings. The van der Waals surface area contributed by atoms with Gasteiger partial charge in [0, 0.05) is 29.1 Å². The molecule has 0 aromatic heterocycles. The molecule has 5 rings (SSSR count). The van der Waals surface area contributed by atoms with Gasteiger partial charge in [-0.15, -0.1) is 0 Å². The fourth-order valence-electron chi connectivity index (χ4n) is 5.93. The molecule has 3 atom stereocenters. The average Bonchev–Trinajstić information content (AvgIpc) is 3.29. The van der Waals surface area contributed by atoms with Gasteiger partial charge in [0.05, 0.1) is 26.5 Å². The highest BCUT2D eigenvalue weighted by Gasteiger charge is 2.50. The second kappa shape index (κ2) is 12.6. The van der Waals surface area contributed by atoms with Crippen LogP contribution >= 0.6 is 0 Å². The summed E-state index contributed by atoms with van der Waals surface area (Å²) in [5.41, 5.74) is 1.96. The van der Waals surface area contributed by atoms with Crippen LogP contribution in [0.4, 0.5) is 28.0 Å². The van der Waals surface area contributed by atoms with Crippen molar-refractivity contribution in [3.63, 3.8) is 0 Å². The summed E-state index contributed by atoms with van der Waals surface area (Å²) < 4.78 is 67.8. The third-order valence-electron chi connectivity index (χ3n) is 8.02. The third-order valence-corrected chi connectivity index (χ3v) is 8.02. The van der Waals surface area contributed by atoms with Gasteiger partial charge in [-0.2, -0.15) is 13.2 Å². The number of carbonyl (C=O) groups is 2. The van der Waals surface area contributed by atoms with E-state index in [4.69, 9.17) is 28.8 Å². The van der Waals surface area contributed by atoms with Gasteiger partial charge in [0.25, 0.3) is 0 Å². The summed E-state index contributed by atoms with van der Waals surface area (Å²) in [7, 11) is 5.44. The van der Waals surface area contributed by atoms with Gasteiger partial charge in [0.2, 0.25) is 0 Å². The molecule has 1 saturated carbocycles. The molecule has 0 bridgehead atoms. The number of carboxylic acid groups (broad SMARTS) is 1. The molecule has 0 radical (unpaired) electrons. The molecule has 2 aromatic rings. The van der Waals surface area contributed by atoms with E-state index >= 15 is 0 Å². The lowest BCUT2D eigenvalue weighted by Crippen LogP contribution is -2.52. The van der Waals surface area contributed by atoms with Gasteiger partial charge in [-0.25, -0.2) is 14.0 Å². The first-order chi connectivity index (χ1) is 19.9. The van der Waals surface area contributed by atoms with Gasteiger partial charge in [-0.05, 0) is 63.0 Å². The van der Waals surface area contributed by atoms with Crippen LogP contribution in [0.25, 0.3) is 0 Å². The number of halogens is 4. The second-order valence-corrected chi connectivity index (χ2v) is 10.4. The summed E-state index contributed by atoms with van der Waals surface area (Å²) in [6.07, 6.45) is -1.46. The van der Waals surface area contributed by atoms with Gasteiger partial charge < -0.3 is 39.6 Å². The Hall–Kier alpha value is -3.78. The minimum atomic E-state index is -5.08. The average molecular weight is 600 g/mol. The molecule has 2 aliphatic heterocycles. The molecule has 1 aliphatic carbocycles. The number of carboxylic acids is 1. The summed E-state index contributed by atoms with van der Waals surface area (Å²) in [5.74, 6) is -1.30. The first-order valence-corrected chi connectivity index (χ1v) is 13.2. The van der Waals surface area contributed by atoms with Crippen molar-refractivity contribution in [1.82, 2.24) is 10.2 Å². The van der Waals surface area contributed by atoms with Crippen molar-refractivity contribution in [2.45, 2.75) is 56.0 Å². The highest BCUT2D eigenvalue weighted by atomic mass is 19.4. The third kappa shape index (κ3) is 6.65. The zero-order valence-electron chi connectivity index (χ0n) is 23.3. The number of methoxy groups -OCH3 is 2. The smallest absolute Gasteiger partial charge is 0.490 e. The standard InChI is InChI=1S/C26H32FN3O5.C2HF3O2/c1-30-9-8-26(17-4-5-21(32-2)23(11-17)33-3)7-6-18(12-24(26)30)28-25(31)29-20-13-22-16(10-19(20)27)14-34-15-35-22;3-2(4,5)1(6)7/h4-5,10-11,13,18,24H,6-9,12,14-15H2,1-3H3,(H2,28,29,31);(H,6,7). The van der Waals surface area contributed by atoms with Gasteiger partial charge in [-0.3, -0.25) is 0 Å². The largest absolute Gasteiger partial charge is 0.493 e. The topological polar surface area (TPSA) is 119 Å². The summed E-state index contributed by atoms with van der Waals surface area (Å²) in [4.78, 5) is 24.1. The van der Waals surface area contributed by atoms with Crippen molar-refractivity contribution in [3.8, 4) is 17.2 Å². The zero-order chi connectivity index (χ0) is 30.7. The minimum absolute atomic E-state index is 0.00698. The molecule has 2 amide bonds. The van der Waals surface area contributed by atoms with Crippen LogP contribution in [-0.2, 0) is 21.6 Å². The Morgan fingerprint density at radius 1 is 1.12 bits per heavy atom. The van der Waals surface area contributed by atoms with E-state index in [0.717, 1.165) is 43.7 Å². The van der Waals surface area contributed by atoms with E-state index in [0.29, 0.717) is 11.3 Å². The van der Waals surface area contributed by atoms with E-state index in [1.807, 2.05) is 6.07 Å². The Morgan fingerprint density at radius 3 is 2.50 bits per heavy atom. The molecule has 3 N–H and O–H groups in total. The molecule has 2 aromatic carbocycles. The Balaban J connectivity index is 0.000000517. The number of alkyl halides is 3. The number of aliphatic carboxylic acids is 1. The van der Waals surface area contributed by atoms with E-state index in [1.54, 1.807) is 14.2 Å². The van der Waals surface area contributed by atoms with E-state index in [9.17, 15) is 22.4 Å². The van der Waals surface area contributed by atoms with Crippen molar-refractivity contribution >= 4 is 17.7 Å². The summed E-state index contributed by atoms with van der Waals surface area (Å²) in [6.45, 7) is 1.39. The van der Waals surface area contributed by atoms with Gasteiger partial charge in [-0.1, -0.05) is 6.07 Å². The Bertz CT molecular complexity index is 1310. The van der Waals surface area contributed by atoms with E-state index in [1.165, 1.54) is 17.7 Å². The van der Waals surface area contributed by atoms with E-state index in [2.05, 4.69) is 34.7 Å². The number of nitrogens with zero attached hydrogens (tertiary/aromatic N) is 1. The second-order valence-electron chi connectivity index (χ2n) is 10.4. The number of nitrogens with one attached hydrogen (secondary N) is 2. The van der Waals surface area contributed by atoms with Crippen molar-refractivity contribution in [1.29, 1.82) is 0 Å². The van der Waals surface area contributed by atoms with Crippen molar-refractivity contribution in [3.05, 3.63) is 47.3 Å². The molecule has 10 nitrogen and oxygen atoms in total. The summed E-state index contributed by atoms with van der Waals surface area (Å²) >= 11 is 0. The number of ether oxygens (including phenoxy) is 4. The lowest BCUT2D eigenvalue weighted by molar-refractivity contribution is -0.192. The monoisotopic (exact) mass is 599 g/mol. The Labute approximate surface area is 239 Å². The molecule has 1 saturated heterocycles. The van der Waals surface area contributed by atoms with Crippen LogP contribution in [0.3, 0.4) is 0 Å². The molecule has 2 heterocycles. The molecule has 14 heteroatoms. The quantitative estimate of drug-likeness (QED) is 0.425. The number of urea groups is 1. The number of likely N-dealkylation sites (N-methyl/N-ethyl adjacent to an activating group) is 1. The molecular formula is C28H33F4N3O7. The number of amides is 2. The maximum Gasteiger partial charge on any atom is 0.490 e. The Kier molecular flexibility index (Phi) is 9.36. The van der Waals surface area contributed by atoms with E-state index in [-0.39, 0.29) is 36.6 Å². The van der Waals surface area contributed by atoms with Gasteiger partial charge in [0.15, 0.2) is 18.3 Å². The van der Waals surface area contributed by atoms with Crippen LogP contribution in [0, 0.1) is 5.82 Å². The minimum Gasteiger partial charge on any atom is -0.493 e. The van der Waals surface area contributed by atoms with Crippen LogP contribution in [0.5, 0.6) is 17.2 Å². The molecular weight excluding hydrogens is 566 g/mol. The number of hydrogen-bond acceptors (Lipinski definition) is 7. The summed E-state index contributed by atoms with van der Waals surface area (Å²) in [6, 6.07) is 8.90. The van der Waals surface area contributed by atoms with Gasteiger partial charge in [0.1, 0.15) is 11.6 Å². The maximum atomic E-state index is 14.5. The van der Waals surface area contributed by atoms with Crippen LogP contribution in [0.2, 0.25) is 0 Å². The fraction of sp³-hybridized carbons (Fsp3) is 0.500. The van der Waals surface area contributed by atoms with Crippen LogP contribution < -0.4 is 24.8 Å². The van der Waals surface area contributed by atoms with Crippen LogP contribution in [0.15, 0.2) is 30.3 Å². The normalized spacial score (nSPS) is 23.3. The first-order valence-electron chi connectivity index (χ1n) is 13.2. The number of carbonyl (C=O) groups excluding carboxylic acids is 1.